The maximum Gasteiger partial charge on any atom is 0.230 e. The normalized spacial score (nSPS) is 11.5. The first-order valence-electron chi connectivity index (χ1n) is 10.6. The SMILES string of the molecule is Cc1cc(C)c(-c2csc(NC(=O)Cc3coc4cc(C)c(C(C)C)cc34)n2)cc1C. The highest BCUT2D eigenvalue weighted by molar-refractivity contribution is 7.14. The molecule has 31 heavy (non-hydrogen) atoms. The Hall–Kier alpha value is -2.92. The van der Waals surface area contributed by atoms with Gasteiger partial charge in [-0.05, 0) is 79.6 Å². The molecule has 2 aromatic carbocycles. The van der Waals surface area contributed by atoms with Crippen LogP contribution in [0.5, 0.6) is 0 Å². The van der Waals surface area contributed by atoms with Crippen LogP contribution < -0.4 is 5.32 Å². The van der Waals surface area contributed by atoms with Gasteiger partial charge in [0.25, 0.3) is 0 Å². The van der Waals surface area contributed by atoms with E-state index in [1.54, 1.807) is 6.26 Å². The number of nitrogens with zero attached hydrogens (tertiary/aromatic N) is 1. The summed E-state index contributed by atoms with van der Waals surface area (Å²) in [6.45, 7) is 12.8. The Morgan fingerprint density at radius 1 is 1.03 bits per heavy atom. The first-order valence-corrected chi connectivity index (χ1v) is 11.4. The molecule has 1 amide bonds. The van der Waals surface area contributed by atoms with Gasteiger partial charge in [0.05, 0.1) is 18.4 Å². The standard InChI is InChI=1S/C26H28N2O2S/c1-14(2)20-11-22-19(12-30-24(22)9-18(20)6)10-25(29)28-26-27-23(13-31-26)21-8-16(4)15(3)7-17(21)5/h7-9,11-14H,10H2,1-6H3,(H,27,28,29). The third-order valence-electron chi connectivity index (χ3n) is 5.88. The number of hydrogen-bond donors (Lipinski definition) is 1. The molecule has 4 nitrogen and oxygen atoms in total. The van der Waals surface area contributed by atoms with Crippen molar-refractivity contribution < 1.29 is 9.21 Å². The Bertz CT molecular complexity index is 1280. The smallest absolute Gasteiger partial charge is 0.230 e. The molecular formula is C26H28N2O2S. The molecule has 4 rings (SSSR count). The van der Waals surface area contributed by atoms with Crippen molar-refractivity contribution in [3.05, 3.63) is 69.3 Å². The molecule has 0 saturated carbocycles. The minimum atomic E-state index is -0.0907. The molecule has 2 aromatic heterocycles. The van der Waals surface area contributed by atoms with Crippen LogP contribution in [0, 0.1) is 27.7 Å². The summed E-state index contributed by atoms with van der Waals surface area (Å²) >= 11 is 1.45. The van der Waals surface area contributed by atoms with Crippen molar-refractivity contribution >= 4 is 33.3 Å². The van der Waals surface area contributed by atoms with E-state index in [1.165, 1.54) is 39.2 Å². The molecule has 2 heterocycles. The zero-order valence-electron chi connectivity index (χ0n) is 18.9. The molecule has 0 atom stereocenters. The lowest BCUT2D eigenvalue weighted by atomic mass is 9.95. The third-order valence-corrected chi connectivity index (χ3v) is 6.64. The predicted octanol–water partition coefficient (Wildman–Crippen LogP) is 7.09. The Labute approximate surface area is 187 Å². The highest BCUT2D eigenvalue weighted by Gasteiger charge is 2.16. The Morgan fingerprint density at radius 2 is 1.77 bits per heavy atom. The summed E-state index contributed by atoms with van der Waals surface area (Å²) in [5.74, 6) is 0.329. The highest BCUT2D eigenvalue weighted by atomic mass is 32.1. The van der Waals surface area contributed by atoms with E-state index in [1.807, 2.05) is 5.38 Å². The quantitative estimate of drug-likeness (QED) is 0.366. The largest absolute Gasteiger partial charge is 0.464 e. The van der Waals surface area contributed by atoms with Crippen molar-refractivity contribution in [3.63, 3.8) is 0 Å². The van der Waals surface area contributed by atoms with Gasteiger partial charge in [-0.15, -0.1) is 11.3 Å². The number of aryl methyl sites for hydroxylation is 4. The Kier molecular flexibility index (Phi) is 5.71. The number of carbonyl (C=O) groups is 1. The van der Waals surface area contributed by atoms with E-state index < -0.39 is 0 Å². The molecule has 5 heteroatoms. The minimum Gasteiger partial charge on any atom is -0.464 e. The van der Waals surface area contributed by atoms with Gasteiger partial charge < -0.3 is 9.73 Å². The minimum absolute atomic E-state index is 0.0907. The van der Waals surface area contributed by atoms with Gasteiger partial charge >= 0.3 is 0 Å². The van der Waals surface area contributed by atoms with Crippen molar-refractivity contribution in [3.8, 4) is 11.3 Å². The first kappa shape index (κ1) is 21.3. The molecule has 0 spiro atoms. The number of rotatable bonds is 5. The van der Waals surface area contributed by atoms with E-state index in [4.69, 9.17) is 4.42 Å². The van der Waals surface area contributed by atoms with Gasteiger partial charge in [0.2, 0.25) is 5.91 Å². The maximum atomic E-state index is 12.7. The first-order chi connectivity index (χ1) is 14.7. The van der Waals surface area contributed by atoms with Gasteiger partial charge in [-0.3, -0.25) is 4.79 Å². The zero-order chi connectivity index (χ0) is 22.3. The molecule has 0 unspecified atom stereocenters. The van der Waals surface area contributed by atoms with Crippen LogP contribution in [0.15, 0.2) is 40.3 Å². The summed E-state index contributed by atoms with van der Waals surface area (Å²) in [5.41, 5.74) is 9.92. The zero-order valence-corrected chi connectivity index (χ0v) is 19.7. The van der Waals surface area contributed by atoms with Crippen molar-refractivity contribution in [2.24, 2.45) is 0 Å². The van der Waals surface area contributed by atoms with Crippen LogP contribution >= 0.6 is 11.3 Å². The second kappa shape index (κ2) is 8.31. The van der Waals surface area contributed by atoms with E-state index >= 15 is 0 Å². The van der Waals surface area contributed by atoms with Crippen LogP contribution in [0.4, 0.5) is 5.13 Å². The van der Waals surface area contributed by atoms with Crippen LogP contribution in [-0.2, 0) is 11.2 Å². The lowest BCUT2D eigenvalue weighted by molar-refractivity contribution is -0.115. The number of anilines is 1. The molecule has 0 aliphatic carbocycles. The fourth-order valence-corrected chi connectivity index (χ4v) is 4.76. The molecule has 0 aliphatic rings. The average molecular weight is 433 g/mol. The Balaban J connectivity index is 1.53. The second-order valence-electron chi connectivity index (χ2n) is 8.63. The number of benzene rings is 2. The predicted molar refractivity (Wildman–Crippen MR) is 129 cm³/mol. The molecule has 0 fully saturated rings. The van der Waals surface area contributed by atoms with Gasteiger partial charge in [0, 0.05) is 21.9 Å². The number of hydrogen-bond acceptors (Lipinski definition) is 4. The van der Waals surface area contributed by atoms with E-state index in [2.05, 4.69) is 76.1 Å². The van der Waals surface area contributed by atoms with Crippen LogP contribution in [0.3, 0.4) is 0 Å². The number of fused-ring (bicyclic) bond motifs is 1. The van der Waals surface area contributed by atoms with Crippen molar-refractivity contribution in [2.75, 3.05) is 5.32 Å². The molecule has 0 aliphatic heterocycles. The number of thiazole rings is 1. The van der Waals surface area contributed by atoms with Crippen molar-refractivity contribution in [2.45, 2.75) is 53.9 Å². The molecule has 0 saturated heterocycles. The summed E-state index contributed by atoms with van der Waals surface area (Å²) in [5, 5.41) is 6.58. The maximum absolute atomic E-state index is 12.7. The van der Waals surface area contributed by atoms with E-state index in [-0.39, 0.29) is 12.3 Å². The monoisotopic (exact) mass is 432 g/mol. The number of nitrogens with one attached hydrogen (secondary N) is 1. The highest BCUT2D eigenvalue weighted by Crippen LogP contribution is 2.31. The number of carbonyl (C=O) groups excluding carboxylic acids is 1. The average Bonchev–Trinajstić information content (AvgIpc) is 3.31. The molecule has 0 bridgehead atoms. The summed E-state index contributed by atoms with van der Waals surface area (Å²) in [6.07, 6.45) is 1.95. The van der Waals surface area contributed by atoms with Gasteiger partial charge in [-0.1, -0.05) is 19.9 Å². The number of furan rings is 1. The third kappa shape index (κ3) is 4.28. The molecule has 160 valence electrons. The molecule has 0 radical (unpaired) electrons. The molecular weight excluding hydrogens is 404 g/mol. The van der Waals surface area contributed by atoms with Crippen LogP contribution in [-0.4, -0.2) is 10.9 Å². The fraction of sp³-hybridized carbons (Fsp3) is 0.308. The molecule has 1 N–H and O–H groups in total. The van der Waals surface area contributed by atoms with Crippen LogP contribution in [0.1, 0.15) is 53.1 Å². The van der Waals surface area contributed by atoms with Gasteiger partial charge in [-0.25, -0.2) is 4.98 Å². The van der Waals surface area contributed by atoms with E-state index in [0.717, 1.165) is 27.8 Å². The van der Waals surface area contributed by atoms with E-state index in [9.17, 15) is 4.79 Å². The summed E-state index contributed by atoms with van der Waals surface area (Å²) in [4.78, 5) is 17.4. The summed E-state index contributed by atoms with van der Waals surface area (Å²) in [7, 11) is 0. The second-order valence-corrected chi connectivity index (χ2v) is 9.49. The number of aromatic nitrogens is 1. The fourth-order valence-electron chi connectivity index (χ4n) is 4.03. The van der Waals surface area contributed by atoms with Crippen molar-refractivity contribution in [1.82, 2.24) is 4.98 Å². The van der Waals surface area contributed by atoms with Gasteiger partial charge in [0.1, 0.15) is 5.58 Å². The van der Waals surface area contributed by atoms with Crippen LogP contribution in [0.25, 0.3) is 22.2 Å². The van der Waals surface area contributed by atoms with Crippen molar-refractivity contribution in [1.29, 1.82) is 0 Å². The topological polar surface area (TPSA) is 55.1 Å². The van der Waals surface area contributed by atoms with Gasteiger partial charge in [-0.2, -0.15) is 0 Å². The summed E-state index contributed by atoms with van der Waals surface area (Å²) in [6, 6.07) is 8.56. The lowest BCUT2D eigenvalue weighted by Gasteiger charge is -2.10. The number of amides is 1. The van der Waals surface area contributed by atoms with Gasteiger partial charge in [0.15, 0.2) is 5.13 Å². The summed E-state index contributed by atoms with van der Waals surface area (Å²) < 4.78 is 5.72. The molecule has 4 aromatic rings. The van der Waals surface area contributed by atoms with Crippen LogP contribution in [0.2, 0.25) is 0 Å². The van der Waals surface area contributed by atoms with E-state index in [0.29, 0.717) is 11.0 Å². The lowest BCUT2D eigenvalue weighted by Crippen LogP contribution is -2.14. The Morgan fingerprint density at radius 3 is 2.52 bits per heavy atom.